The molecule has 108 valence electrons. The van der Waals surface area contributed by atoms with Crippen LogP contribution in [0.1, 0.15) is 32.0 Å². The molecule has 2 rings (SSSR count). The van der Waals surface area contributed by atoms with Crippen LogP contribution in [0, 0.1) is 0 Å². The molecule has 1 heterocycles. The van der Waals surface area contributed by atoms with E-state index in [1.165, 1.54) is 17.1 Å². The standard InChI is InChI=1S/C15H22N4S/c1-4-16-15-14(17-18-20-15)11-19(12(2)3)10-13-8-6-5-7-9-13/h5-9,12,16H,4,10-11H2,1-3H3. The van der Waals surface area contributed by atoms with Gasteiger partial charge in [0.15, 0.2) is 0 Å². The smallest absolute Gasteiger partial charge is 0.134 e. The Hall–Kier alpha value is -1.46. The Morgan fingerprint density at radius 2 is 1.95 bits per heavy atom. The lowest BCUT2D eigenvalue weighted by Crippen LogP contribution is -2.30. The zero-order valence-corrected chi connectivity index (χ0v) is 13.2. The zero-order valence-electron chi connectivity index (χ0n) is 12.3. The number of rotatable bonds is 7. The highest BCUT2D eigenvalue weighted by atomic mass is 32.1. The van der Waals surface area contributed by atoms with Gasteiger partial charge in [0.2, 0.25) is 0 Å². The molecule has 0 unspecified atom stereocenters. The fourth-order valence-corrected chi connectivity index (χ4v) is 2.68. The number of hydrogen-bond acceptors (Lipinski definition) is 5. The van der Waals surface area contributed by atoms with Gasteiger partial charge >= 0.3 is 0 Å². The number of aromatic nitrogens is 2. The maximum Gasteiger partial charge on any atom is 0.134 e. The van der Waals surface area contributed by atoms with Crippen LogP contribution in [-0.2, 0) is 13.1 Å². The molecule has 0 saturated heterocycles. The van der Waals surface area contributed by atoms with Gasteiger partial charge in [0.1, 0.15) is 10.7 Å². The molecule has 0 amide bonds. The van der Waals surface area contributed by atoms with E-state index in [2.05, 4.69) is 70.9 Å². The van der Waals surface area contributed by atoms with Crippen LogP contribution in [0.15, 0.2) is 30.3 Å². The SMILES string of the molecule is CCNc1snnc1CN(Cc1ccccc1)C(C)C. The number of benzene rings is 1. The summed E-state index contributed by atoms with van der Waals surface area (Å²) in [6.07, 6.45) is 0. The van der Waals surface area contributed by atoms with Crippen LogP contribution in [0.3, 0.4) is 0 Å². The van der Waals surface area contributed by atoms with Crippen LogP contribution in [-0.4, -0.2) is 27.1 Å². The second kappa shape index (κ2) is 7.36. The van der Waals surface area contributed by atoms with Gasteiger partial charge in [-0.1, -0.05) is 34.8 Å². The van der Waals surface area contributed by atoms with Gasteiger partial charge in [-0.2, -0.15) is 0 Å². The third kappa shape index (κ3) is 4.02. The first-order chi connectivity index (χ1) is 9.70. The van der Waals surface area contributed by atoms with Crippen LogP contribution in [0.25, 0.3) is 0 Å². The number of hydrogen-bond donors (Lipinski definition) is 1. The van der Waals surface area contributed by atoms with Gasteiger partial charge < -0.3 is 5.32 Å². The summed E-state index contributed by atoms with van der Waals surface area (Å²) in [5.41, 5.74) is 2.37. The highest BCUT2D eigenvalue weighted by Crippen LogP contribution is 2.21. The van der Waals surface area contributed by atoms with Crippen molar-refractivity contribution in [2.24, 2.45) is 0 Å². The van der Waals surface area contributed by atoms with Crippen molar-refractivity contribution in [2.75, 3.05) is 11.9 Å². The maximum atomic E-state index is 4.26. The van der Waals surface area contributed by atoms with E-state index in [4.69, 9.17) is 0 Å². The van der Waals surface area contributed by atoms with Gasteiger partial charge in [-0.25, -0.2) is 0 Å². The number of nitrogens with zero attached hydrogens (tertiary/aromatic N) is 3. The van der Waals surface area contributed by atoms with Crippen LogP contribution in [0.4, 0.5) is 5.00 Å². The second-order valence-corrected chi connectivity index (χ2v) is 5.82. The Bertz CT molecular complexity index is 510. The van der Waals surface area contributed by atoms with Crippen LogP contribution < -0.4 is 5.32 Å². The van der Waals surface area contributed by atoms with Crippen LogP contribution in [0.5, 0.6) is 0 Å². The summed E-state index contributed by atoms with van der Waals surface area (Å²) in [5.74, 6) is 0. The van der Waals surface area contributed by atoms with Gasteiger partial charge in [0.05, 0.1) is 0 Å². The van der Waals surface area contributed by atoms with Crippen molar-refractivity contribution in [1.82, 2.24) is 14.5 Å². The maximum absolute atomic E-state index is 4.26. The Kier molecular flexibility index (Phi) is 5.49. The lowest BCUT2D eigenvalue weighted by Gasteiger charge is -2.26. The summed E-state index contributed by atoms with van der Waals surface area (Å²) >= 11 is 1.44. The third-order valence-electron chi connectivity index (χ3n) is 3.20. The van der Waals surface area contributed by atoms with Crippen molar-refractivity contribution in [1.29, 1.82) is 0 Å². The van der Waals surface area contributed by atoms with E-state index >= 15 is 0 Å². The summed E-state index contributed by atoms with van der Waals surface area (Å²) < 4.78 is 4.06. The monoisotopic (exact) mass is 290 g/mol. The molecule has 2 aromatic rings. The normalized spacial score (nSPS) is 11.2. The Morgan fingerprint density at radius 1 is 1.20 bits per heavy atom. The van der Waals surface area contributed by atoms with E-state index < -0.39 is 0 Å². The van der Waals surface area contributed by atoms with Crippen molar-refractivity contribution in [3.05, 3.63) is 41.6 Å². The quantitative estimate of drug-likeness (QED) is 0.848. The largest absolute Gasteiger partial charge is 0.374 e. The van der Waals surface area contributed by atoms with Gasteiger partial charge in [0.25, 0.3) is 0 Å². The van der Waals surface area contributed by atoms with Gasteiger partial charge in [-0.05, 0) is 26.3 Å². The molecular weight excluding hydrogens is 268 g/mol. The predicted octanol–water partition coefficient (Wildman–Crippen LogP) is 3.38. The first-order valence-corrected chi connectivity index (χ1v) is 7.81. The summed E-state index contributed by atoms with van der Waals surface area (Å²) in [7, 11) is 0. The topological polar surface area (TPSA) is 41.1 Å². The van der Waals surface area contributed by atoms with Crippen molar-refractivity contribution in [2.45, 2.75) is 39.9 Å². The first-order valence-electron chi connectivity index (χ1n) is 7.03. The molecule has 0 fully saturated rings. The first kappa shape index (κ1) is 14.9. The van der Waals surface area contributed by atoms with Crippen molar-refractivity contribution >= 4 is 16.5 Å². The minimum Gasteiger partial charge on any atom is -0.374 e. The minimum atomic E-state index is 0.464. The molecule has 4 nitrogen and oxygen atoms in total. The Labute approximate surface area is 125 Å². The average Bonchev–Trinajstić information content (AvgIpc) is 2.87. The van der Waals surface area contributed by atoms with E-state index in [1.54, 1.807) is 0 Å². The van der Waals surface area contributed by atoms with Crippen LogP contribution in [0.2, 0.25) is 0 Å². The molecule has 20 heavy (non-hydrogen) atoms. The molecule has 0 aliphatic carbocycles. The molecular formula is C15H22N4S. The average molecular weight is 290 g/mol. The van der Waals surface area contributed by atoms with Crippen molar-refractivity contribution in [3.63, 3.8) is 0 Å². The highest BCUT2D eigenvalue weighted by Gasteiger charge is 2.15. The Balaban J connectivity index is 2.07. The molecule has 0 atom stereocenters. The predicted molar refractivity (Wildman–Crippen MR) is 84.9 cm³/mol. The van der Waals surface area contributed by atoms with E-state index in [-0.39, 0.29) is 0 Å². The molecule has 0 aliphatic heterocycles. The van der Waals surface area contributed by atoms with E-state index in [9.17, 15) is 0 Å². The second-order valence-electron chi connectivity index (χ2n) is 5.06. The minimum absolute atomic E-state index is 0.464. The fourth-order valence-electron chi connectivity index (χ4n) is 2.04. The zero-order chi connectivity index (χ0) is 14.4. The van der Waals surface area contributed by atoms with Crippen molar-refractivity contribution in [3.8, 4) is 0 Å². The molecule has 0 bridgehead atoms. The molecule has 1 aromatic heterocycles. The molecule has 0 radical (unpaired) electrons. The van der Waals surface area contributed by atoms with E-state index in [1.807, 2.05) is 0 Å². The van der Waals surface area contributed by atoms with Gasteiger partial charge in [-0.3, -0.25) is 4.90 Å². The molecule has 0 aliphatic rings. The number of nitrogens with one attached hydrogen (secondary N) is 1. The van der Waals surface area contributed by atoms with E-state index in [0.29, 0.717) is 6.04 Å². The summed E-state index contributed by atoms with van der Waals surface area (Å²) in [6, 6.07) is 11.0. The van der Waals surface area contributed by atoms with Gasteiger partial charge in [0, 0.05) is 37.2 Å². The van der Waals surface area contributed by atoms with Crippen LogP contribution >= 0.6 is 11.5 Å². The summed E-state index contributed by atoms with van der Waals surface area (Å²) in [5, 5.41) is 8.68. The van der Waals surface area contributed by atoms with Gasteiger partial charge in [-0.15, -0.1) is 5.10 Å². The number of anilines is 1. The molecule has 1 aromatic carbocycles. The lowest BCUT2D eigenvalue weighted by molar-refractivity contribution is 0.201. The van der Waals surface area contributed by atoms with E-state index in [0.717, 1.165) is 30.3 Å². The summed E-state index contributed by atoms with van der Waals surface area (Å²) in [6.45, 7) is 9.18. The fraction of sp³-hybridized carbons (Fsp3) is 0.467. The molecule has 0 saturated carbocycles. The highest BCUT2D eigenvalue weighted by molar-refractivity contribution is 7.10. The summed E-state index contributed by atoms with van der Waals surface area (Å²) in [4.78, 5) is 2.41. The lowest BCUT2D eigenvalue weighted by atomic mass is 10.2. The molecule has 1 N–H and O–H groups in total. The van der Waals surface area contributed by atoms with Crippen molar-refractivity contribution < 1.29 is 0 Å². The molecule has 5 heteroatoms. The Morgan fingerprint density at radius 3 is 2.60 bits per heavy atom. The third-order valence-corrected chi connectivity index (χ3v) is 3.93. The molecule has 0 spiro atoms.